The van der Waals surface area contributed by atoms with Crippen LogP contribution in [0.2, 0.25) is 0 Å². The van der Waals surface area contributed by atoms with E-state index < -0.39 is 35.1 Å². The fourth-order valence-electron chi connectivity index (χ4n) is 3.80. The standard InChI is InChI=1S/C23H18F2N2O5S/c1-10-22(33-11(2)26-10)20(29)18-19(12-4-7-17(32-3)16(28)8-12)27(23(31)21(18)30)13-5-6-14(24)15(25)9-13/h4-9,19,28,30H,1-3H3. The van der Waals surface area contributed by atoms with Gasteiger partial charge in [0.1, 0.15) is 0 Å². The molecule has 1 amide bonds. The van der Waals surface area contributed by atoms with Crippen molar-refractivity contribution in [3.8, 4) is 11.5 Å². The summed E-state index contributed by atoms with van der Waals surface area (Å²) < 4.78 is 32.6. The number of nitrogens with zero attached hydrogens (tertiary/aromatic N) is 2. The van der Waals surface area contributed by atoms with Crippen molar-refractivity contribution in [1.82, 2.24) is 4.98 Å². The van der Waals surface area contributed by atoms with Crippen LogP contribution in [-0.4, -0.2) is 34.0 Å². The Labute approximate surface area is 191 Å². The van der Waals surface area contributed by atoms with Gasteiger partial charge in [0.15, 0.2) is 28.9 Å². The van der Waals surface area contributed by atoms with Crippen molar-refractivity contribution in [2.24, 2.45) is 0 Å². The second-order valence-electron chi connectivity index (χ2n) is 7.35. The summed E-state index contributed by atoms with van der Waals surface area (Å²) in [6.45, 7) is 3.35. The SMILES string of the molecule is COc1ccc(C2C(C(=O)c3sc(C)nc3C)=C(O)C(=O)N2c2ccc(F)c(F)c2)cc1O. The molecule has 0 saturated heterocycles. The van der Waals surface area contributed by atoms with Crippen LogP contribution in [0, 0.1) is 25.5 Å². The first-order valence-electron chi connectivity index (χ1n) is 9.71. The molecule has 0 fully saturated rings. The van der Waals surface area contributed by atoms with Crippen LogP contribution in [0.1, 0.15) is 32.0 Å². The van der Waals surface area contributed by atoms with Crippen molar-refractivity contribution in [2.75, 3.05) is 12.0 Å². The van der Waals surface area contributed by atoms with Crippen LogP contribution in [-0.2, 0) is 4.79 Å². The lowest BCUT2D eigenvalue weighted by molar-refractivity contribution is -0.117. The minimum atomic E-state index is -1.23. The van der Waals surface area contributed by atoms with Crippen molar-refractivity contribution in [3.63, 3.8) is 0 Å². The van der Waals surface area contributed by atoms with Gasteiger partial charge in [-0.25, -0.2) is 13.8 Å². The van der Waals surface area contributed by atoms with Crippen LogP contribution in [0.3, 0.4) is 0 Å². The molecular weight excluding hydrogens is 454 g/mol. The molecule has 3 aromatic rings. The molecule has 2 heterocycles. The van der Waals surface area contributed by atoms with Gasteiger partial charge >= 0.3 is 0 Å². The molecule has 170 valence electrons. The van der Waals surface area contributed by atoms with Crippen LogP contribution in [0.4, 0.5) is 14.5 Å². The number of phenols is 1. The molecule has 1 aliphatic heterocycles. The third kappa shape index (κ3) is 3.72. The first-order valence-corrected chi connectivity index (χ1v) is 10.5. The van der Waals surface area contributed by atoms with Gasteiger partial charge in [-0.3, -0.25) is 14.5 Å². The number of rotatable bonds is 5. The molecule has 1 aliphatic rings. The number of benzene rings is 2. The lowest BCUT2D eigenvalue weighted by Gasteiger charge is -2.27. The number of carbonyl (C=O) groups excluding carboxylic acids is 2. The molecule has 1 aromatic heterocycles. The second-order valence-corrected chi connectivity index (χ2v) is 8.55. The number of hydrogen-bond acceptors (Lipinski definition) is 7. The number of aryl methyl sites for hydroxylation is 2. The third-order valence-corrected chi connectivity index (χ3v) is 6.33. The van der Waals surface area contributed by atoms with Crippen molar-refractivity contribution in [3.05, 3.63) is 80.5 Å². The van der Waals surface area contributed by atoms with Gasteiger partial charge in [-0.15, -0.1) is 11.3 Å². The third-order valence-electron chi connectivity index (χ3n) is 5.26. The number of aliphatic hydroxyl groups is 1. The molecule has 0 saturated carbocycles. The summed E-state index contributed by atoms with van der Waals surface area (Å²) in [6.07, 6.45) is 0. The Bertz CT molecular complexity index is 1330. The number of phenolic OH excluding ortho intramolecular Hbond substituents is 1. The van der Waals surface area contributed by atoms with Gasteiger partial charge in [0.25, 0.3) is 5.91 Å². The fourth-order valence-corrected chi connectivity index (χ4v) is 4.67. The average Bonchev–Trinajstić information content (AvgIpc) is 3.25. The number of methoxy groups -OCH3 is 1. The summed E-state index contributed by atoms with van der Waals surface area (Å²) in [6, 6.07) is 5.78. The number of hydrogen-bond donors (Lipinski definition) is 2. The van der Waals surface area contributed by atoms with Crippen molar-refractivity contribution >= 4 is 28.7 Å². The first kappa shape index (κ1) is 22.4. The van der Waals surface area contributed by atoms with Crippen LogP contribution in [0.25, 0.3) is 0 Å². The van der Waals surface area contributed by atoms with Gasteiger partial charge in [0.2, 0.25) is 5.78 Å². The zero-order valence-electron chi connectivity index (χ0n) is 17.7. The Kier molecular flexibility index (Phi) is 5.62. The number of amides is 1. The smallest absolute Gasteiger partial charge is 0.294 e. The highest BCUT2D eigenvalue weighted by molar-refractivity contribution is 7.14. The lowest BCUT2D eigenvalue weighted by atomic mass is 9.94. The summed E-state index contributed by atoms with van der Waals surface area (Å²) in [5, 5.41) is 21.7. The van der Waals surface area contributed by atoms with E-state index in [0.717, 1.165) is 34.4 Å². The maximum absolute atomic E-state index is 14.0. The molecule has 10 heteroatoms. The van der Waals surface area contributed by atoms with E-state index in [2.05, 4.69) is 4.98 Å². The number of ether oxygens (including phenoxy) is 1. The maximum atomic E-state index is 14.0. The molecule has 0 bridgehead atoms. The van der Waals surface area contributed by atoms with Gasteiger partial charge in [-0.05, 0) is 43.7 Å². The highest BCUT2D eigenvalue weighted by Crippen LogP contribution is 2.44. The number of ketones is 1. The van der Waals surface area contributed by atoms with Gasteiger partial charge in [-0.1, -0.05) is 6.07 Å². The van der Waals surface area contributed by atoms with Gasteiger partial charge in [-0.2, -0.15) is 0 Å². The molecular formula is C23H18F2N2O5S. The number of aromatic hydroxyl groups is 1. The maximum Gasteiger partial charge on any atom is 0.294 e. The molecule has 1 unspecified atom stereocenters. The van der Waals surface area contributed by atoms with Gasteiger partial charge in [0, 0.05) is 11.8 Å². The number of aliphatic hydroxyl groups excluding tert-OH is 1. The molecule has 4 rings (SSSR count). The number of aromatic nitrogens is 1. The Balaban J connectivity index is 1.92. The summed E-state index contributed by atoms with van der Waals surface area (Å²) in [7, 11) is 1.36. The Morgan fingerprint density at radius 1 is 1.12 bits per heavy atom. The van der Waals surface area contributed by atoms with Crippen LogP contribution >= 0.6 is 11.3 Å². The number of thiazole rings is 1. The van der Waals surface area contributed by atoms with E-state index >= 15 is 0 Å². The fraction of sp³-hybridized carbons (Fsp3) is 0.174. The number of Topliss-reactive ketones (excluding diaryl/α,β-unsaturated/α-hetero) is 1. The predicted octanol–water partition coefficient (Wildman–Crippen LogP) is 4.54. The summed E-state index contributed by atoms with van der Waals surface area (Å²) in [4.78, 5) is 32.0. The average molecular weight is 472 g/mol. The van der Waals surface area contributed by atoms with E-state index in [4.69, 9.17) is 4.74 Å². The Hall–Kier alpha value is -3.79. The molecule has 7 nitrogen and oxygen atoms in total. The van der Waals surface area contributed by atoms with Crippen molar-refractivity contribution in [1.29, 1.82) is 0 Å². The molecule has 2 aromatic carbocycles. The van der Waals surface area contributed by atoms with E-state index in [1.165, 1.54) is 25.3 Å². The van der Waals surface area contributed by atoms with E-state index in [1.54, 1.807) is 13.8 Å². The molecule has 2 N–H and O–H groups in total. The highest BCUT2D eigenvalue weighted by atomic mass is 32.1. The summed E-state index contributed by atoms with van der Waals surface area (Å²) in [5.41, 5.74) is 0.336. The lowest BCUT2D eigenvalue weighted by Crippen LogP contribution is -2.31. The van der Waals surface area contributed by atoms with E-state index in [-0.39, 0.29) is 33.2 Å². The van der Waals surface area contributed by atoms with E-state index in [1.807, 2.05) is 0 Å². The number of halogens is 2. The van der Waals surface area contributed by atoms with Crippen LogP contribution in [0.5, 0.6) is 11.5 Å². The summed E-state index contributed by atoms with van der Waals surface area (Å²) in [5.74, 6) is -4.86. The molecule has 0 radical (unpaired) electrons. The number of anilines is 1. The Morgan fingerprint density at radius 3 is 2.42 bits per heavy atom. The largest absolute Gasteiger partial charge is 0.504 e. The minimum absolute atomic E-state index is 0.0780. The van der Waals surface area contributed by atoms with Gasteiger partial charge < -0.3 is 14.9 Å². The molecule has 33 heavy (non-hydrogen) atoms. The van der Waals surface area contributed by atoms with Gasteiger partial charge in [0.05, 0.1) is 34.3 Å². The quantitative estimate of drug-likeness (QED) is 0.529. The Morgan fingerprint density at radius 2 is 1.85 bits per heavy atom. The zero-order chi connectivity index (χ0) is 24.0. The first-order chi connectivity index (χ1) is 15.6. The highest BCUT2D eigenvalue weighted by Gasteiger charge is 2.45. The molecule has 0 aliphatic carbocycles. The normalized spacial score (nSPS) is 16.0. The minimum Gasteiger partial charge on any atom is -0.504 e. The monoisotopic (exact) mass is 472 g/mol. The zero-order valence-corrected chi connectivity index (χ0v) is 18.5. The molecule has 0 spiro atoms. The van der Waals surface area contributed by atoms with Crippen molar-refractivity contribution < 1.29 is 33.3 Å². The predicted molar refractivity (Wildman–Crippen MR) is 117 cm³/mol. The topological polar surface area (TPSA) is 100.0 Å². The van der Waals surface area contributed by atoms with Crippen molar-refractivity contribution in [2.45, 2.75) is 19.9 Å². The number of carbonyl (C=O) groups is 2. The van der Waals surface area contributed by atoms with E-state index in [0.29, 0.717) is 10.7 Å². The van der Waals surface area contributed by atoms with E-state index in [9.17, 15) is 28.6 Å². The van der Waals surface area contributed by atoms with Crippen LogP contribution in [0.15, 0.2) is 47.7 Å². The molecule has 1 atom stereocenters. The van der Waals surface area contributed by atoms with Crippen LogP contribution < -0.4 is 9.64 Å². The second kappa shape index (κ2) is 8.28. The summed E-state index contributed by atoms with van der Waals surface area (Å²) >= 11 is 1.11.